The first kappa shape index (κ1) is 8.01. The summed E-state index contributed by atoms with van der Waals surface area (Å²) in [5.74, 6) is 0. The van der Waals surface area contributed by atoms with Crippen LogP contribution in [-0.2, 0) is 0 Å². The Morgan fingerprint density at radius 2 is 2.10 bits per heavy atom. The fourth-order valence-corrected chi connectivity index (χ4v) is 1.65. The van der Waals surface area contributed by atoms with Crippen LogP contribution in [0.2, 0.25) is 0 Å². The molecule has 0 bridgehead atoms. The minimum absolute atomic E-state index is 0.744. The van der Waals surface area contributed by atoms with E-state index in [1.807, 2.05) is 6.92 Å². The lowest BCUT2D eigenvalue weighted by molar-refractivity contribution is 1.19. The van der Waals surface area contributed by atoms with Gasteiger partial charge in [-0.1, -0.05) is 0 Å². The van der Waals surface area contributed by atoms with E-state index < -0.39 is 0 Å². The number of hydrogen-bond donors (Lipinski definition) is 1. The van der Waals surface area contributed by atoms with Crippen LogP contribution in [0.15, 0.2) is 15.3 Å². The summed E-state index contributed by atoms with van der Waals surface area (Å²) in [5, 5.41) is 0. The van der Waals surface area contributed by atoms with Crippen LogP contribution in [0.1, 0.15) is 5.56 Å². The number of nitrogens with zero attached hydrogens (tertiary/aromatic N) is 1. The van der Waals surface area contributed by atoms with Crippen molar-refractivity contribution in [3.8, 4) is 0 Å². The van der Waals surface area contributed by atoms with Crippen LogP contribution < -0.4 is 5.73 Å². The van der Waals surface area contributed by atoms with E-state index in [0.29, 0.717) is 0 Å². The summed E-state index contributed by atoms with van der Waals surface area (Å²) in [5.41, 5.74) is 7.34. The van der Waals surface area contributed by atoms with Crippen LogP contribution in [0.25, 0.3) is 0 Å². The molecule has 1 heterocycles. The average molecular weight is 266 g/mol. The molecular weight excluding hydrogens is 260 g/mol. The number of anilines is 1. The van der Waals surface area contributed by atoms with Gasteiger partial charge < -0.3 is 5.73 Å². The van der Waals surface area contributed by atoms with Crippen LogP contribution in [0.5, 0.6) is 0 Å². The minimum Gasteiger partial charge on any atom is -0.398 e. The first-order valence-corrected chi connectivity index (χ1v) is 4.28. The number of pyridine rings is 1. The monoisotopic (exact) mass is 264 g/mol. The summed E-state index contributed by atoms with van der Waals surface area (Å²) in [4.78, 5) is 4.09. The molecule has 0 aromatic carbocycles. The molecule has 0 aliphatic carbocycles. The van der Waals surface area contributed by atoms with E-state index in [0.717, 1.165) is 20.5 Å². The molecule has 4 heteroatoms. The molecule has 1 aromatic rings. The summed E-state index contributed by atoms with van der Waals surface area (Å²) < 4.78 is 1.54. The standard InChI is InChI=1S/C6H6Br2N2/c1-3-4(9)2-5(7)10-6(3)8/h2H,1H3,(H2,9,10). The van der Waals surface area contributed by atoms with E-state index in [1.54, 1.807) is 6.07 Å². The maximum atomic E-state index is 5.62. The predicted molar refractivity (Wildman–Crippen MR) is 48.8 cm³/mol. The first-order valence-electron chi connectivity index (χ1n) is 2.69. The normalized spacial score (nSPS) is 9.90. The fraction of sp³-hybridized carbons (Fsp3) is 0.167. The molecule has 0 fully saturated rings. The van der Waals surface area contributed by atoms with Gasteiger partial charge in [0.15, 0.2) is 0 Å². The predicted octanol–water partition coefficient (Wildman–Crippen LogP) is 2.50. The summed E-state index contributed by atoms with van der Waals surface area (Å²) in [7, 11) is 0. The molecule has 0 saturated heterocycles. The van der Waals surface area contributed by atoms with Crippen molar-refractivity contribution in [2.45, 2.75) is 6.92 Å². The van der Waals surface area contributed by atoms with E-state index in [1.165, 1.54) is 0 Å². The summed E-state index contributed by atoms with van der Waals surface area (Å²) >= 11 is 6.50. The van der Waals surface area contributed by atoms with Gasteiger partial charge in [0.2, 0.25) is 0 Å². The van der Waals surface area contributed by atoms with Gasteiger partial charge in [-0.2, -0.15) is 0 Å². The summed E-state index contributed by atoms with van der Waals surface area (Å²) in [6.07, 6.45) is 0. The number of halogens is 2. The molecule has 0 amide bonds. The Bertz CT molecular complexity index is 237. The second kappa shape index (κ2) is 2.88. The number of aromatic nitrogens is 1. The molecule has 54 valence electrons. The lowest BCUT2D eigenvalue weighted by Crippen LogP contribution is -1.92. The molecule has 0 spiro atoms. The second-order valence-corrected chi connectivity index (χ2v) is 3.51. The van der Waals surface area contributed by atoms with Gasteiger partial charge in [0, 0.05) is 11.3 Å². The van der Waals surface area contributed by atoms with Crippen LogP contribution in [0, 0.1) is 6.92 Å². The van der Waals surface area contributed by atoms with Gasteiger partial charge in [-0.05, 0) is 44.8 Å². The van der Waals surface area contributed by atoms with Crippen molar-refractivity contribution in [3.05, 3.63) is 20.8 Å². The SMILES string of the molecule is Cc1c(N)cc(Br)nc1Br. The highest BCUT2D eigenvalue weighted by Crippen LogP contribution is 2.22. The molecule has 0 aliphatic heterocycles. The smallest absolute Gasteiger partial charge is 0.112 e. The molecule has 1 rings (SSSR count). The van der Waals surface area contributed by atoms with Crippen molar-refractivity contribution in [3.63, 3.8) is 0 Å². The van der Waals surface area contributed by atoms with Gasteiger partial charge in [-0.3, -0.25) is 0 Å². The molecule has 0 saturated carbocycles. The van der Waals surface area contributed by atoms with Crippen molar-refractivity contribution in [1.82, 2.24) is 4.98 Å². The Morgan fingerprint density at radius 3 is 2.60 bits per heavy atom. The molecule has 0 radical (unpaired) electrons. The Labute approximate surface area is 76.1 Å². The largest absolute Gasteiger partial charge is 0.398 e. The summed E-state index contributed by atoms with van der Waals surface area (Å²) in [6.45, 7) is 1.92. The highest BCUT2D eigenvalue weighted by Gasteiger charge is 2.00. The Hall–Kier alpha value is -0.0900. The summed E-state index contributed by atoms with van der Waals surface area (Å²) in [6, 6.07) is 1.78. The van der Waals surface area contributed by atoms with E-state index in [2.05, 4.69) is 36.8 Å². The van der Waals surface area contributed by atoms with Crippen LogP contribution >= 0.6 is 31.9 Å². The minimum atomic E-state index is 0.744. The molecule has 2 nitrogen and oxygen atoms in total. The van der Waals surface area contributed by atoms with Gasteiger partial charge in [-0.15, -0.1) is 0 Å². The molecular formula is C6H6Br2N2. The van der Waals surface area contributed by atoms with Crippen LogP contribution in [0.4, 0.5) is 5.69 Å². The van der Waals surface area contributed by atoms with Gasteiger partial charge >= 0.3 is 0 Å². The van der Waals surface area contributed by atoms with Crippen LogP contribution in [0.3, 0.4) is 0 Å². The van der Waals surface area contributed by atoms with Gasteiger partial charge in [0.25, 0.3) is 0 Å². The highest BCUT2D eigenvalue weighted by atomic mass is 79.9. The molecule has 0 atom stereocenters. The quantitative estimate of drug-likeness (QED) is 0.732. The van der Waals surface area contributed by atoms with E-state index in [9.17, 15) is 0 Å². The third kappa shape index (κ3) is 1.49. The maximum Gasteiger partial charge on any atom is 0.112 e. The molecule has 2 N–H and O–H groups in total. The topological polar surface area (TPSA) is 38.9 Å². The third-order valence-electron chi connectivity index (χ3n) is 1.22. The number of rotatable bonds is 0. The zero-order valence-electron chi connectivity index (χ0n) is 5.36. The molecule has 0 unspecified atom stereocenters. The van der Waals surface area contributed by atoms with E-state index >= 15 is 0 Å². The molecule has 0 aliphatic rings. The zero-order chi connectivity index (χ0) is 7.72. The van der Waals surface area contributed by atoms with Crippen molar-refractivity contribution in [2.75, 3.05) is 5.73 Å². The maximum absolute atomic E-state index is 5.62. The van der Waals surface area contributed by atoms with E-state index in [4.69, 9.17) is 5.73 Å². The number of nitrogen functional groups attached to an aromatic ring is 1. The van der Waals surface area contributed by atoms with Crippen molar-refractivity contribution in [1.29, 1.82) is 0 Å². The zero-order valence-corrected chi connectivity index (χ0v) is 8.53. The Morgan fingerprint density at radius 1 is 1.50 bits per heavy atom. The lowest BCUT2D eigenvalue weighted by atomic mass is 10.3. The highest BCUT2D eigenvalue weighted by molar-refractivity contribution is 9.11. The second-order valence-electron chi connectivity index (χ2n) is 1.95. The van der Waals surface area contributed by atoms with Gasteiger partial charge in [-0.25, -0.2) is 4.98 Å². The van der Waals surface area contributed by atoms with Gasteiger partial charge in [0.1, 0.15) is 9.21 Å². The van der Waals surface area contributed by atoms with E-state index in [-0.39, 0.29) is 0 Å². The van der Waals surface area contributed by atoms with Crippen molar-refractivity contribution >= 4 is 37.5 Å². The number of nitrogens with two attached hydrogens (primary N) is 1. The van der Waals surface area contributed by atoms with Crippen molar-refractivity contribution < 1.29 is 0 Å². The molecule has 10 heavy (non-hydrogen) atoms. The van der Waals surface area contributed by atoms with Gasteiger partial charge in [0.05, 0.1) is 0 Å². The molecule has 1 aromatic heterocycles. The lowest BCUT2D eigenvalue weighted by Gasteiger charge is -2.01. The van der Waals surface area contributed by atoms with Crippen molar-refractivity contribution in [2.24, 2.45) is 0 Å². The Kier molecular flexibility index (Phi) is 2.31. The number of hydrogen-bond acceptors (Lipinski definition) is 2. The third-order valence-corrected chi connectivity index (χ3v) is 2.40. The fourth-order valence-electron chi connectivity index (χ4n) is 0.566. The average Bonchev–Trinajstić information content (AvgIpc) is 1.82. The van der Waals surface area contributed by atoms with Crippen LogP contribution in [-0.4, -0.2) is 4.98 Å². The Balaban J connectivity index is 3.31. The first-order chi connectivity index (χ1) is 4.61.